The van der Waals surface area contributed by atoms with Crippen molar-refractivity contribution >= 4 is 0 Å². The van der Waals surface area contributed by atoms with Crippen LogP contribution in [0.2, 0.25) is 0 Å². The Balaban J connectivity index is 2.25. The molecule has 1 heterocycles. The molecule has 0 bridgehead atoms. The third-order valence-corrected chi connectivity index (χ3v) is 2.60. The summed E-state index contributed by atoms with van der Waals surface area (Å²) in [6.45, 7) is 2.25. The summed E-state index contributed by atoms with van der Waals surface area (Å²) >= 11 is 0. The molecule has 3 N–H and O–H groups in total. The molecule has 0 radical (unpaired) electrons. The minimum absolute atomic E-state index is 0.148. The molecule has 0 atom stereocenters. The maximum atomic E-state index is 11.6. The molecule has 0 aliphatic heterocycles. The molecule has 0 amide bonds. The van der Waals surface area contributed by atoms with Crippen LogP contribution in [-0.2, 0) is 13.0 Å². The first-order chi connectivity index (χ1) is 8.19. The first-order valence-corrected chi connectivity index (χ1v) is 5.51. The van der Waals surface area contributed by atoms with E-state index in [9.17, 15) is 4.79 Å². The molecule has 0 spiro atoms. The number of hydrogen-bond acceptors (Lipinski definition) is 3. The Kier molecular flexibility index (Phi) is 3.35. The van der Waals surface area contributed by atoms with Crippen molar-refractivity contribution in [2.24, 2.45) is 5.73 Å². The third-order valence-electron chi connectivity index (χ3n) is 2.60. The zero-order valence-electron chi connectivity index (χ0n) is 9.73. The number of benzene rings is 1. The molecule has 0 saturated heterocycles. The summed E-state index contributed by atoms with van der Waals surface area (Å²) in [6, 6.07) is 8.13. The van der Waals surface area contributed by atoms with E-state index in [0.717, 1.165) is 5.56 Å². The number of nitrogens with two attached hydrogens (primary N) is 1. The van der Waals surface area contributed by atoms with Gasteiger partial charge in [-0.1, -0.05) is 29.8 Å². The van der Waals surface area contributed by atoms with E-state index in [0.29, 0.717) is 17.8 Å². The van der Waals surface area contributed by atoms with Crippen molar-refractivity contribution in [3.05, 3.63) is 63.3 Å². The van der Waals surface area contributed by atoms with Crippen molar-refractivity contribution < 1.29 is 0 Å². The number of H-pyrrole nitrogens is 1. The van der Waals surface area contributed by atoms with Crippen molar-refractivity contribution in [1.82, 2.24) is 9.97 Å². The van der Waals surface area contributed by atoms with Crippen molar-refractivity contribution in [1.29, 1.82) is 0 Å². The van der Waals surface area contributed by atoms with E-state index < -0.39 is 0 Å². The van der Waals surface area contributed by atoms with Gasteiger partial charge in [-0.25, -0.2) is 4.98 Å². The first-order valence-electron chi connectivity index (χ1n) is 5.51. The van der Waals surface area contributed by atoms with Crippen LogP contribution in [0.1, 0.15) is 22.5 Å². The van der Waals surface area contributed by atoms with Crippen molar-refractivity contribution in [2.75, 3.05) is 0 Å². The summed E-state index contributed by atoms with van der Waals surface area (Å²) in [5, 5.41) is 0. The lowest BCUT2D eigenvalue weighted by molar-refractivity contribution is 0.897. The topological polar surface area (TPSA) is 71.8 Å². The minimum Gasteiger partial charge on any atom is -0.326 e. The largest absolute Gasteiger partial charge is 0.326 e. The van der Waals surface area contributed by atoms with E-state index in [1.165, 1.54) is 5.56 Å². The molecule has 0 saturated carbocycles. The van der Waals surface area contributed by atoms with Crippen LogP contribution in [0.3, 0.4) is 0 Å². The van der Waals surface area contributed by atoms with Crippen LogP contribution in [0.4, 0.5) is 0 Å². The number of aromatic nitrogens is 2. The standard InChI is InChI=1S/C13H15N3O/c1-9-3-2-4-10(5-9)6-12-15-8-11(7-14)13(17)16-12/h2-5,8H,6-7,14H2,1H3,(H,15,16,17). The first kappa shape index (κ1) is 11.5. The molecular formula is C13H15N3O. The highest BCUT2D eigenvalue weighted by molar-refractivity contribution is 5.24. The van der Waals surface area contributed by atoms with E-state index in [1.807, 2.05) is 25.1 Å². The quantitative estimate of drug-likeness (QED) is 0.828. The van der Waals surface area contributed by atoms with E-state index in [4.69, 9.17) is 5.73 Å². The molecule has 1 aromatic heterocycles. The van der Waals surface area contributed by atoms with E-state index >= 15 is 0 Å². The molecule has 2 aromatic rings. The van der Waals surface area contributed by atoms with Gasteiger partial charge in [0.1, 0.15) is 5.82 Å². The Morgan fingerprint density at radius 3 is 2.88 bits per heavy atom. The van der Waals surface area contributed by atoms with Crippen molar-refractivity contribution in [3.8, 4) is 0 Å². The van der Waals surface area contributed by atoms with Crippen LogP contribution in [0.25, 0.3) is 0 Å². The van der Waals surface area contributed by atoms with Gasteiger partial charge in [0.15, 0.2) is 0 Å². The Morgan fingerprint density at radius 2 is 2.24 bits per heavy atom. The number of aryl methyl sites for hydroxylation is 1. The Hall–Kier alpha value is -1.94. The summed E-state index contributed by atoms with van der Waals surface area (Å²) in [4.78, 5) is 18.5. The lowest BCUT2D eigenvalue weighted by Crippen LogP contribution is -2.18. The highest BCUT2D eigenvalue weighted by Gasteiger charge is 2.02. The fraction of sp³-hybridized carbons (Fsp3) is 0.231. The summed E-state index contributed by atoms with van der Waals surface area (Å²) in [7, 11) is 0. The maximum Gasteiger partial charge on any atom is 0.255 e. The summed E-state index contributed by atoms with van der Waals surface area (Å²) in [6.07, 6.45) is 2.17. The molecule has 1 aromatic carbocycles. The SMILES string of the molecule is Cc1cccc(Cc2ncc(CN)c(=O)[nH]2)c1. The third kappa shape index (κ3) is 2.79. The van der Waals surface area contributed by atoms with Crippen molar-refractivity contribution in [3.63, 3.8) is 0 Å². The van der Waals surface area contributed by atoms with E-state index in [-0.39, 0.29) is 12.1 Å². The van der Waals surface area contributed by atoms with Gasteiger partial charge in [0.05, 0.1) is 0 Å². The predicted molar refractivity (Wildman–Crippen MR) is 66.7 cm³/mol. The zero-order valence-corrected chi connectivity index (χ0v) is 9.73. The van der Waals surface area contributed by atoms with Gasteiger partial charge in [-0.15, -0.1) is 0 Å². The van der Waals surface area contributed by atoms with Gasteiger partial charge in [0.2, 0.25) is 0 Å². The Bertz CT molecular complexity index is 575. The lowest BCUT2D eigenvalue weighted by Gasteiger charge is -2.03. The van der Waals surface area contributed by atoms with Crippen molar-refractivity contribution in [2.45, 2.75) is 19.9 Å². The van der Waals surface area contributed by atoms with Gasteiger partial charge >= 0.3 is 0 Å². The second kappa shape index (κ2) is 4.93. The number of hydrogen-bond donors (Lipinski definition) is 2. The normalized spacial score (nSPS) is 10.5. The van der Waals surface area contributed by atoms with E-state index in [2.05, 4.69) is 16.0 Å². The molecule has 4 heteroatoms. The zero-order chi connectivity index (χ0) is 12.3. The Labute approximate surface area is 99.5 Å². The van der Waals surface area contributed by atoms with Gasteiger partial charge in [0.25, 0.3) is 5.56 Å². The summed E-state index contributed by atoms with van der Waals surface area (Å²) < 4.78 is 0. The molecule has 88 valence electrons. The smallest absolute Gasteiger partial charge is 0.255 e. The van der Waals surface area contributed by atoms with Gasteiger partial charge in [0, 0.05) is 24.7 Å². The maximum absolute atomic E-state index is 11.6. The van der Waals surface area contributed by atoms with Crippen LogP contribution in [-0.4, -0.2) is 9.97 Å². The van der Waals surface area contributed by atoms with Gasteiger partial charge in [-0.05, 0) is 12.5 Å². The second-order valence-electron chi connectivity index (χ2n) is 4.05. The molecule has 2 rings (SSSR count). The second-order valence-corrected chi connectivity index (χ2v) is 4.05. The highest BCUT2D eigenvalue weighted by Crippen LogP contribution is 2.07. The minimum atomic E-state index is -0.148. The van der Waals surface area contributed by atoms with Crippen LogP contribution in [0.15, 0.2) is 35.3 Å². The number of nitrogens with zero attached hydrogens (tertiary/aromatic N) is 1. The lowest BCUT2D eigenvalue weighted by atomic mass is 10.1. The molecular weight excluding hydrogens is 214 g/mol. The van der Waals surface area contributed by atoms with Gasteiger partial charge in [-0.2, -0.15) is 0 Å². The fourth-order valence-electron chi connectivity index (χ4n) is 1.71. The average Bonchev–Trinajstić information content (AvgIpc) is 2.29. The molecule has 0 fully saturated rings. The molecule has 0 unspecified atom stereocenters. The van der Waals surface area contributed by atoms with E-state index in [1.54, 1.807) is 6.20 Å². The molecule has 0 aliphatic rings. The van der Waals surface area contributed by atoms with Gasteiger partial charge in [-0.3, -0.25) is 4.79 Å². The Morgan fingerprint density at radius 1 is 1.41 bits per heavy atom. The van der Waals surface area contributed by atoms with Crippen LogP contribution < -0.4 is 11.3 Å². The predicted octanol–water partition coefficient (Wildman–Crippen LogP) is 1.13. The molecule has 17 heavy (non-hydrogen) atoms. The van der Waals surface area contributed by atoms with Gasteiger partial charge < -0.3 is 10.7 Å². The summed E-state index contributed by atoms with van der Waals surface area (Å²) in [5.41, 5.74) is 8.11. The average molecular weight is 229 g/mol. The van der Waals surface area contributed by atoms with Crippen LogP contribution >= 0.6 is 0 Å². The monoisotopic (exact) mass is 229 g/mol. The number of nitrogens with one attached hydrogen (secondary N) is 1. The summed E-state index contributed by atoms with van der Waals surface area (Å²) in [5.74, 6) is 0.665. The number of rotatable bonds is 3. The number of aromatic amines is 1. The molecule has 4 nitrogen and oxygen atoms in total. The molecule has 0 aliphatic carbocycles. The fourth-order valence-corrected chi connectivity index (χ4v) is 1.71. The highest BCUT2D eigenvalue weighted by atomic mass is 16.1. The van der Waals surface area contributed by atoms with Crippen LogP contribution in [0, 0.1) is 6.92 Å². The van der Waals surface area contributed by atoms with Crippen LogP contribution in [0.5, 0.6) is 0 Å².